The molecule has 1 rings (SSSR count). The van der Waals surface area contributed by atoms with Gasteiger partial charge in [-0.2, -0.15) is 13.2 Å². The van der Waals surface area contributed by atoms with Gasteiger partial charge in [0, 0.05) is 7.05 Å². The molecule has 2 N–H and O–H groups in total. The maximum Gasteiger partial charge on any atom is 0.416 e. The first-order chi connectivity index (χ1) is 9.16. The molecule has 0 saturated carbocycles. The number of phenols is 1. The van der Waals surface area contributed by atoms with Crippen LogP contribution in [0.2, 0.25) is 0 Å². The molecule has 20 heavy (non-hydrogen) atoms. The van der Waals surface area contributed by atoms with Crippen molar-refractivity contribution < 1.29 is 32.9 Å². The van der Waals surface area contributed by atoms with E-state index in [4.69, 9.17) is 9.84 Å². The molecular formula is C12H14F3NO4. The van der Waals surface area contributed by atoms with Gasteiger partial charge in [0.25, 0.3) is 5.91 Å². The number of aliphatic hydroxyl groups is 1. The third kappa shape index (κ3) is 3.77. The van der Waals surface area contributed by atoms with Gasteiger partial charge in [-0.05, 0) is 18.2 Å². The summed E-state index contributed by atoms with van der Waals surface area (Å²) in [5.74, 6) is -0.968. The van der Waals surface area contributed by atoms with Gasteiger partial charge in [0.05, 0.1) is 19.2 Å². The summed E-state index contributed by atoms with van der Waals surface area (Å²) >= 11 is 0. The first-order valence-corrected chi connectivity index (χ1v) is 5.54. The average Bonchev–Trinajstić information content (AvgIpc) is 2.37. The molecule has 5 nitrogen and oxygen atoms in total. The first kappa shape index (κ1) is 16.1. The number of rotatable bonds is 4. The van der Waals surface area contributed by atoms with Gasteiger partial charge >= 0.3 is 6.18 Å². The van der Waals surface area contributed by atoms with E-state index in [0.717, 1.165) is 7.05 Å². The lowest BCUT2D eigenvalue weighted by Crippen LogP contribution is -2.41. The number of aromatic hydroxyl groups is 1. The summed E-state index contributed by atoms with van der Waals surface area (Å²) in [5, 5.41) is 18.5. The lowest BCUT2D eigenvalue weighted by atomic mass is 10.1. The van der Waals surface area contributed by atoms with Gasteiger partial charge in [0.2, 0.25) is 0 Å². The number of hydrogen-bond donors (Lipinski definition) is 2. The molecule has 0 bridgehead atoms. The maximum absolute atomic E-state index is 12.2. The Bertz CT molecular complexity index is 490. The van der Waals surface area contributed by atoms with Gasteiger partial charge in [0.1, 0.15) is 11.5 Å². The molecule has 1 unspecified atom stereocenters. The van der Waals surface area contributed by atoms with Crippen molar-refractivity contribution in [1.82, 2.24) is 4.90 Å². The highest BCUT2D eigenvalue weighted by Gasteiger charge is 2.39. The summed E-state index contributed by atoms with van der Waals surface area (Å²) in [5.41, 5.74) is -0.207. The molecule has 0 aromatic heterocycles. The van der Waals surface area contributed by atoms with Crippen LogP contribution in [0.15, 0.2) is 18.2 Å². The molecule has 8 heteroatoms. The number of methoxy groups -OCH3 is 1. The zero-order valence-electron chi connectivity index (χ0n) is 10.8. The first-order valence-electron chi connectivity index (χ1n) is 5.54. The van der Waals surface area contributed by atoms with Gasteiger partial charge in [0.15, 0.2) is 6.10 Å². The third-order valence-electron chi connectivity index (χ3n) is 2.61. The monoisotopic (exact) mass is 293 g/mol. The number of likely N-dealkylation sites (N-methyl/N-ethyl adjacent to an activating group) is 1. The quantitative estimate of drug-likeness (QED) is 0.880. The lowest BCUT2D eigenvalue weighted by Gasteiger charge is -2.22. The van der Waals surface area contributed by atoms with E-state index in [9.17, 15) is 23.1 Å². The standard InChI is InChI=1S/C12H14F3NO4/c1-16(6-10(18)12(13,14)15)11(19)8-5-7(20-2)3-4-9(8)17/h3-5,10,17-18H,6H2,1-2H3. The molecule has 1 aromatic rings. The summed E-state index contributed by atoms with van der Waals surface area (Å²) in [6.07, 6.45) is -7.46. The van der Waals surface area contributed by atoms with Crippen LogP contribution in [0.4, 0.5) is 13.2 Å². The number of amides is 1. The Morgan fingerprint density at radius 2 is 2.05 bits per heavy atom. The van der Waals surface area contributed by atoms with Crippen molar-refractivity contribution in [1.29, 1.82) is 0 Å². The van der Waals surface area contributed by atoms with Crippen molar-refractivity contribution in [3.8, 4) is 11.5 Å². The fourth-order valence-electron chi connectivity index (χ4n) is 1.46. The van der Waals surface area contributed by atoms with E-state index in [2.05, 4.69) is 0 Å². The Hall–Kier alpha value is -1.96. The molecule has 0 heterocycles. The minimum Gasteiger partial charge on any atom is -0.507 e. The number of halogens is 3. The number of hydrogen-bond acceptors (Lipinski definition) is 4. The molecule has 0 radical (unpaired) electrons. The predicted octanol–water partition coefficient (Wildman–Crippen LogP) is 1.40. The van der Waals surface area contributed by atoms with E-state index in [0.29, 0.717) is 4.90 Å². The molecule has 1 aromatic carbocycles. The van der Waals surface area contributed by atoms with Crippen molar-refractivity contribution in [3.05, 3.63) is 23.8 Å². The lowest BCUT2D eigenvalue weighted by molar-refractivity contribution is -0.205. The SMILES string of the molecule is COc1ccc(O)c(C(=O)N(C)CC(O)C(F)(F)F)c1. The molecule has 1 amide bonds. The Kier molecular flexibility index (Phi) is 4.83. The second-order valence-electron chi connectivity index (χ2n) is 4.13. The van der Waals surface area contributed by atoms with Crippen molar-refractivity contribution in [2.75, 3.05) is 20.7 Å². The number of benzene rings is 1. The highest BCUT2D eigenvalue weighted by Crippen LogP contribution is 2.25. The van der Waals surface area contributed by atoms with Gasteiger partial charge < -0.3 is 19.8 Å². The molecule has 0 aliphatic carbocycles. The van der Waals surface area contributed by atoms with Crippen LogP contribution in [0.1, 0.15) is 10.4 Å². The fraction of sp³-hybridized carbons (Fsp3) is 0.417. The highest BCUT2D eigenvalue weighted by molar-refractivity contribution is 5.97. The summed E-state index contributed by atoms with van der Waals surface area (Å²) in [4.78, 5) is 12.6. The van der Waals surface area contributed by atoms with E-state index >= 15 is 0 Å². The zero-order chi connectivity index (χ0) is 15.5. The topological polar surface area (TPSA) is 70.0 Å². The number of nitrogens with zero attached hydrogens (tertiary/aromatic N) is 1. The van der Waals surface area contributed by atoms with Gasteiger partial charge in [-0.25, -0.2) is 0 Å². The minimum atomic E-state index is -4.81. The number of phenolic OH excluding ortho intramolecular Hbond substituents is 1. The maximum atomic E-state index is 12.2. The Labute approximate surface area is 113 Å². The largest absolute Gasteiger partial charge is 0.507 e. The summed E-state index contributed by atoms with van der Waals surface area (Å²) in [6, 6.07) is 3.80. The van der Waals surface area contributed by atoms with Crippen LogP contribution in [0.5, 0.6) is 11.5 Å². The second-order valence-corrected chi connectivity index (χ2v) is 4.13. The van der Waals surface area contributed by atoms with E-state index in [1.807, 2.05) is 0 Å². The van der Waals surface area contributed by atoms with Crippen LogP contribution in [0.25, 0.3) is 0 Å². The molecule has 0 saturated heterocycles. The molecule has 1 atom stereocenters. The van der Waals surface area contributed by atoms with E-state index in [-0.39, 0.29) is 17.1 Å². The summed E-state index contributed by atoms with van der Waals surface area (Å²) < 4.78 is 41.5. The number of carbonyl (C=O) groups excluding carboxylic acids is 1. The normalized spacial score (nSPS) is 12.9. The summed E-state index contributed by atoms with van der Waals surface area (Å²) in [7, 11) is 2.44. The van der Waals surface area contributed by atoms with Crippen molar-refractivity contribution in [2.45, 2.75) is 12.3 Å². The van der Waals surface area contributed by atoms with Crippen LogP contribution < -0.4 is 4.74 Å². The number of aliphatic hydroxyl groups excluding tert-OH is 1. The predicted molar refractivity (Wildman–Crippen MR) is 63.7 cm³/mol. The summed E-state index contributed by atoms with van der Waals surface area (Å²) in [6.45, 7) is -0.932. The third-order valence-corrected chi connectivity index (χ3v) is 2.61. The molecule has 0 fully saturated rings. The molecule has 0 spiro atoms. The Morgan fingerprint density at radius 3 is 2.55 bits per heavy atom. The van der Waals surface area contributed by atoms with Crippen molar-refractivity contribution >= 4 is 5.91 Å². The van der Waals surface area contributed by atoms with Gasteiger partial charge in [-0.3, -0.25) is 4.79 Å². The van der Waals surface area contributed by atoms with Crippen molar-refractivity contribution in [3.63, 3.8) is 0 Å². The molecule has 0 aliphatic heterocycles. The Morgan fingerprint density at radius 1 is 1.45 bits per heavy atom. The van der Waals surface area contributed by atoms with E-state index in [1.54, 1.807) is 0 Å². The van der Waals surface area contributed by atoms with Crippen LogP contribution >= 0.6 is 0 Å². The number of alkyl halides is 3. The van der Waals surface area contributed by atoms with Crippen LogP contribution in [-0.2, 0) is 0 Å². The molecular weight excluding hydrogens is 279 g/mol. The highest BCUT2D eigenvalue weighted by atomic mass is 19.4. The van der Waals surface area contributed by atoms with Crippen molar-refractivity contribution in [2.24, 2.45) is 0 Å². The van der Waals surface area contributed by atoms with E-state index in [1.165, 1.54) is 25.3 Å². The van der Waals surface area contributed by atoms with Gasteiger partial charge in [-0.1, -0.05) is 0 Å². The van der Waals surface area contributed by atoms with E-state index < -0.39 is 24.7 Å². The molecule has 0 aliphatic rings. The zero-order valence-corrected chi connectivity index (χ0v) is 10.8. The van der Waals surface area contributed by atoms with Crippen LogP contribution in [0.3, 0.4) is 0 Å². The number of carbonyl (C=O) groups is 1. The van der Waals surface area contributed by atoms with Gasteiger partial charge in [-0.15, -0.1) is 0 Å². The smallest absolute Gasteiger partial charge is 0.416 e. The number of ether oxygens (including phenoxy) is 1. The fourth-order valence-corrected chi connectivity index (χ4v) is 1.46. The average molecular weight is 293 g/mol. The molecule has 112 valence electrons. The second kappa shape index (κ2) is 6.00. The van der Waals surface area contributed by atoms with Crippen LogP contribution in [0, 0.1) is 0 Å². The Balaban J connectivity index is 2.89. The van der Waals surface area contributed by atoms with Crippen LogP contribution in [-0.4, -0.2) is 54.0 Å². The minimum absolute atomic E-state index is 0.207.